The van der Waals surface area contributed by atoms with Crippen LogP contribution >= 0.6 is 0 Å². The van der Waals surface area contributed by atoms with Gasteiger partial charge in [0.2, 0.25) is 0 Å². The summed E-state index contributed by atoms with van der Waals surface area (Å²) in [6.07, 6.45) is 0.128. The molecule has 2 aromatic rings. The molecule has 19 heavy (non-hydrogen) atoms. The Morgan fingerprint density at radius 2 is 1.95 bits per heavy atom. The molecule has 3 rings (SSSR count). The Bertz CT molecular complexity index is 615. The van der Waals surface area contributed by atoms with E-state index in [1.165, 1.54) is 0 Å². The van der Waals surface area contributed by atoms with Crippen LogP contribution in [-0.2, 0) is 4.79 Å². The summed E-state index contributed by atoms with van der Waals surface area (Å²) in [6, 6.07) is 14.2. The highest BCUT2D eigenvalue weighted by Crippen LogP contribution is 2.29. The second-order valence-corrected chi connectivity index (χ2v) is 5.11. The van der Waals surface area contributed by atoms with Crippen LogP contribution in [0.3, 0.4) is 0 Å². The first-order chi connectivity index (χ1) is 9.19. The van der Waals surface area contributed by atoms with Gasteiger partial charge in [0.15, 0.2) is 0 Å². The number of benzene rings is 2. The maximum Gasteiger partial charge on any atom is 0.305 e. The zero-order valence-corrected chi connectivity index (χ0v) is 10.5. The van der Waals surface area contributed by atoms with E-state index in [0.29, 0.717) is 13.1 Å². The van der Waals surface area contributed by atoms with Gasteiger partial charge in [0.05, 0.1) is 12.0 Å². The Balaban J connectivity index is 1.94. The third-order valence-corrected chi connectivity index (χ3v) is 3.61. The van der Waals surface area contributed by atoms with Crippen molar-refractivity contribution in [2.75, 3.05) is 18.4 Å². The Kier molecular flexibility index (Phi) is 2.87. The summed E-state index contributed by atoms with van der Waals surface area (Å²) in [6.45, 7) is 1.37. The molecule has 1 heterocycles. The van der Waals surface area contributed by atoms with E-state index in [2.05, 4.69) is 28.8 Å². The summed E-state index contributed by atoms with van der Waals surface area (Å²) in [7, 11) is 0. The average molecular weight is 256 g/mol. The third kappa shape index (κ3) is 2.27. The maximum absolute atomic E-state index is 11.0. The lowest BCUT2D eigenvalue weighted by atomic mass is 9.88. The fourth-order valence-electron chi connectivity index (χ4n) is 2.59. The molecule has 4 nitrogen and oxygen atoms in total. The number of hydrogen-bond donors (Lipinski definition) is 3. The number of fused-ring (bicyclic) bond motifs is 1. The van der Waals surface area contributed by atoms with Crippen LogP contribution in [-0.4, -0.2) is 29.7 Å². The van der Waals surface area contributed by atoms with Crippen LogP contribution in [0.15, 0.2) is 42.5 Å². The Morgan fingerprint density at radius 3 is 2.63 bits per heavy atom. The zero-order chi connectivity index (χ0) is 13.3. The van der Waals surface area contributed by atoms with E-state index < -0.39 is 5.97 Å². The molecule has 1 aliphatic rings. The van der Waals surface area contributed by atoms with Gasteiger partial charge in [-0.15, -0.1) is 0 Å². The van der Waals surface area contributed by atoms with E-state index in [-0.39, 0.29) is 12.0 Å². The Labute approximate surface area is 111 Å². The first-order valence-electron chi connectivity index (χ1n) is 6.37. The predicted octanol–water partition coefficient (Wildman–Crippen LogP) is 2.07. The lowest BCUT2D eigenvalue weighted by Crippen LogP contribution is -2.65. The maximum atomic E-state index is 11.0. The van der Waals surface area contributed by atoms with Crippen molar-refractivity contribution in [3.8, 4) is 0 Å². The van der Waals surface area contributed by atoms with Crippen molar-refractivity contribution in [1.82, 2.24) is 5.32 Å². The van der Waals surface area contributed by atoms with Gasteiger partial charge in [0.25, 0.3) is 0 Å². The molecule has 1 fully saturated rings. The lowest BCUT2D eigenvalue weighted by Gasteiger charge is -2.43. The van der Waals surface area contributed by atoms with Crippen LogP contribution < -0.4 is 10.6 Å². The fourth-order valence-corrected chi connectivity index (χ4v) is 2.59. The van der Waals surface area contributed by atoms with Gasteiger partial charge in [-0.05, 0) is 11.5 Å². The molecule has 1 saturated heterocycles. The van der Waals surface area contributed by atoms with Gasteiger partial charge in [0, 0.05) is 24.2 Å². The number of aliphatic carboxylic acids is 1. The summed E-state index contributed by atoms with van der Waals surface area (Å²) in [5.74, 6) is -0.769. The summed E-state index contributed by atoms with van der Waals surface area (Å²) in [4.78, 5) is 11.0. The molecule has 0 aromatic heterocycles. The number of carboxylic acids is 1. The summed E-state index contributed by atoms with van der Waals surface area (Å²) in [5.41, 5.74) is 0.636. The van der Waals surface area contributed by atoms with Gasteiger partial charge in [-0.2, -0.15) is 0 Å². The number of rotatable bonds is 4. The number of carbonyl (C=O) groups is 1. The van der Waals surface area contributed by atoms with Crippen molar-refractivity contribution in [3.05, 3.63) is 42.5 Å². The van der Waals surface area contributed by atoms with E-state index in [1.54, 1.807) is 0 Å². The quantitative estimate of drug-likeness (QED) is 0.783. The molecule has 0 atom stereocenters. The third-order valence-electron chi connectivity index (χ3n) is 3.61. The molecule has 0 radical (unpaired) electrons. The van der Waals surface area contributed by atoms with Crippen molar-refractivity contribution in [3.63, 3.8) is 0 Å². The number of carboxylic acid groups (broad SMARTS) is 1. The standard InChI is InChI=1S/C15H16N2O2/c18-14(19)8-15(9-16-10-15)17-13-7-3-5-11-4-1-2-6-12(11)13/h1-7,16-17H,8-10H2,(H,18,19). The van der Waals surface area contributed by atoms with Gasteiger partial charge >= 0.3 is 5.97 Å². The van der Waals surface area contributed by atoms with Crippen LogP contribution in [0.5, 0.6) is 0 Å². The van der Waals surface area contributed by atoms with Gasteiger partial charge in [-0.3, -0.25) is 4.79 Å². The van der Waals surface area contributed by atoms with Gasteiger partial charge < -0.3 is 15.7 Å². The van der Waals surface area contributed by atoms with Gasteiger partial charge in [-0.25, -0.2) is 0 Å². The van der Waals surface area contributed by atoms with Crippen molar-refractivity contribution < 1.29 is 9.90 Å². The van der Waals surface area contributed by atoms with E-state index in [0.717, 1.165) is 16.5 Å². The van der Waals surface area contributed by atoms with E-state index in [1.807, 2.05) is 24.3 Å². The topological polar surface area (TPSA) is 61.4 Å². The molecule has 98 valence electrons. The molecule has 3 N–H and O–H groups in total. The average Bonchev–Trinajstić information content (AvgIpc) is 2.36. The van der Waals surface area contributed by atoms with Crippen LogP contribution in [0.4, 0.5) is 5.69 Å². The number of hydrogen-bond acceptors (Lipinski definition) is 3. The van der Waals surface area contributed by atoms with Crippen LogP contribution in [0.25, 0.3) is 10.8 Å². The van der Waals surface area contributed by atoms with Gasteiger partial charge in [-0.1, -0.05) is 36.4 Å². The van der Waals surface area contributed by atoms with Gasteiger partial charge in [0.1, 0.15) is 0 Å². The lowest BCUT2D eigenvalue weighted by molar-refractivity contribution is -0.138. The molecule has 0 saturated carbocycles. The minimum atomic E-state index is -0.769. The molecule has 1 aliphatic heterocycles. The highest BCUT2D eigenvalue weighted by molar-refractivity contribution is 5.94. The van der Waals surface area contributed by atoms with Crippen molar-refractivity contribution in [2.24, 2.45) is 0 Å². The summed E-state index contributed by atoms with van der Waals surface area (Å²) in [5, 5.41) is 17.9. The van der Waals surface area contributed by atoms with Crippen molar-refractivity contribution in [1.29, 1.82) is 0 Å². The highest BCUT2D eigenvalue weighted by atomic mass is 16.4. The molecular formula is C15H16N2O2. The van der Waals surface area contributed by atoms with Crippen molar-refractivity contribution >= 4 is 22.4 Å². The second kappa shape index (κ2) is 4.55. The first kappa shape index (κ1) is 12.0. The van der Waals surface area contributed by atoms with E-state index in [4.69, 9.17) is 5.11 Å². The molecular weight excluding hydrogens is 240 g/mol. The van der Waals surface area contributed by atoms with E-state index in [9.17, 15) is 4.79 Å². The minimum absolute atomic E-state index is 0.128. The Morgan fingerprint density at radius 1 is 1.21 bits per heavy atom. The summed E-state index contributed by atoms with van der Waals surface area (Å²) >= 11 is 0. The van der Waals surface area contributed by atoms with Crippen molar-refractivity contribution in [2.45, 2.75) is 12.0 Å². The highest BCUT2D eigenvalue weighted by Gasteiger charge is 2.39. The Hall–Kier alpha value is -2.07. The largest absolute Gasteiger partial charge is 0.481 e. The smallest absolute Gasteiger partial charge is 0.305 e. The van der Waals surface area contributed by atoms with E-state index >= 15 is 0 Å². The molecule has 0 amide bonds. The number of nitrogens with one attached hydrogen (secondary N) is 2. The second-order valence-electron chi connectivity index (χ2n) is 5.11. The minimum Gasteiger partial charge on any atom is -0.481 e. The van der Waals surface area contributed by atoms with Crippen LogP contribution in [0, 0.1) is 0 Å². The fraction of sp³-hybridized carbons (Fsp3) is 0.267. The molecule has 0 spiro atoms. The molecule has 0 bridgehead atoms. The van der Waals surface area contributed by atoms with Crippen LogP contribution in [0.2, 0.25) is 0 Å². The molecule has 0 aliphatic carbocycles. The molecule has 2 aromatic carbocycles. The van der Waals surface area contributed by atoms with Crippen LogP contribution in [0.1, 0.15) is 6.42 Å². The first-order valence-corrected chi connectivity index (χ1v) is 6.37. The molecule has 0 unspecified atom stereocenters. The predicted molar refractivity (Wildman–Crippen MR) is 75.4 cm³/mol. The monoisotopic (exact) mass is 256 g/mol. The number of anilines is 1. The molecule has 4 heteroatoms. The zero-order valence-electron chi connectivity index (χ0n) is 10.5. The summed E-state index contributed by atoms with van der Waals surface area (Å²) < 4.78 is 0. The SMILES string of the molecule is O=C(O)CC1(Nc2cccc3ccccc23)CNC1. The normalized spacial score (nSPS) is 16.8.